The van der Waals surface area contributed by atoms with Crippen molar-refractivity contribution in [3.05, 3.63) is 22.7 Å². The van der Waals surface area contributed by atoms with E-state index < -0.39 is 33.7 Å². The van der Waals surface area contributed by atoms with Gasteiger partial charge in [0.2, 0.25) is 15.9 Å². The van der Waals surface area contributed by atoms with E-state index in [0.717, 1.165) is 0 Å². The lowest BCUT2D eigenvalue weighted by Gasteiger charge is -2.08. The summed E-state index contributed by atoms with van der Waals surface area (Å²) >= 11 is 3.13. The number of aliphatic carboxylic acids is 1. The van der Waals surface area contributed by atoms with E-state index in [1.807, 2.05) is 0 Å². The second kappa shape index (κ2) is 5.15. The van der Waals surface area contributed by atoms with Crippen LogP contribution in [0.3, 0.4) is 0 Å². The van der Waals surface area contributed by atoms with Crippen molar-refractivity contribution in [2.24, 2.45) is 17.0 Å². The number of sulfonamides is 1. The first-order chi connectivity index (χ1) is 9.20. The molecule has 108 valence electrons. The molecule has 1 saturated carbocycles. The van der Waals surface area contributed by atoms with E-state index in [0.29, 0.717) is 16.6 Å². The molecule has 1 aliphatic carbocycles. The number of nitrogens with one attached hydrogen (secondary N) is 1. The number of carbonyl (C=O) groups is 2. The fourth-order valence-corrected chi connectivity index (χ4v) is 2.93. The molecular formula is C11H11BrN2O5S. The predicted molar refractivity (Wildman–Crippen MR) is 73.4 cm³/mol. The smallest absolute Gasteiger partial charge is 0.307 e. The molecule has 2 atom stereocenters. The molecule has 1 amide bonds. The number of benzene rings is 1. The summed E-state index contributed by atoms with van der Waals surface area (Å²) in [7, 11) is -3.81. The number of carbonyl (C=O) groups excluding carboxylic acids is 1. The Kier molecular flexibility index (Phi) is 3.85. The monoisotopic (exact) mass is 362 g/mol. The SMILES string of the molecule is NS(=O)(=O)c1ccc(NC(=O)[C@@H]2C[C@@H]2C(=O)O)c(Br)c1. The molecule has 20 heavy (non-hydrogen) atoms. The van der Waals surface area contributed by atoms with Crippen LogP contribution in [-0.2, 0) is 19.6 Å². The highest BCUT2D eigenvalue weighted by molar-refractivity contribution is 9.10. The van der Waals surface area contributed by atoms with Crippen LogP contribution in [0, 0.1) is 11.8 Å². The first kappa shape index (κ1) is 14.9. The van der Waals surface area contributed by atoms with Crippen LogP contribution in [0.1, 0.15) is 6.42 Å². The highest BCUT2D eigenvalue weighted by Crippen LogP contribution is 2.40. The van der Waals surface area contributed by atoms with Gasteiger partial charge in [-0.3, -0.25) is 9.59 Å². The van der Waals surface area contributed by atoms with E-state index in [-0.39, 0.29) is 4.90 Å². The topological polar surface area (TPSA) is 127 Å². The molecule has 7 nitrogen and oxygen atoms in total. The van der Waals surface area contributed by atoms with Crippen molar-refractivity contribution in [1.82, 2.24) is 0 Å². The minimum atomic E-state index is -3.81. The lowest BCUT2D eigenvalue weighted by molar-refractivity contribution is -0.139. The molecule has 0 bridgehead atoms. The molecule has 1 aliphatic rings. The van der Waals surface area contributed by atoms with E-state index in [1.165, 1.54) is 18.2 Å². The minimum Gasteiger partial charge on any atom is -0.481 e. The maximum atomic E-state index is 11.8. The molecule has 0 aliphatic heterocycles. The third kappa shape index (κ3) is 3.17. The summed E-state index contributed by atoms with van der Waals surface area (Å²) in [6.45, 7) is 0. The van der Waals surface area contributed by atoms with Crippen molar-refractivity contribution in [2.45, 2.75) is 11.3 Å². The van der Waals surface area contributed by atoms with Gasteiger partial charge in [0.25, 0.3) is 0 Å². The Morgan fingerprint density at radius 3 is 2.45 bits per heavy atom. The number of carboxylic acids is 1. The van der Waals surface area contributed by atoms with Crippen LogP contribution < -0.4 is 10.5 Å². The van der Waals surface area contributed by atoms with Crippen molar-refractivity contribution < 1.29 is 23.1 Å². The van der Waals surface area contributed by atoms with E-state index in [2.05, 4.69) is 21.2 Å². The minimum absolute atomic E-state index is 0.0859. The first-order valence-corrected chi connectivity index (χ1v) is 7.90. The van der Waals surface area contributed by atoms with Crippen LogP contribution in [-0.4, -0.2) is 25.4 Å². The highest BCUT2D eigenvalue weighted by Gasteiger charge is 2.48. The van der Waals surface area contributed by atoms with Gasteiger partial charge in [0.05, 0.1) is 22.4 Å². The number of hydrogen-bond acceptors (Lipinski definition) is 4. The lowest BCUT2D eigenvalue weighted by atomic mass is 10.2. The number of anilines is 1. The molecule has 2 rings (SSSR count). The van der Waals surface area contributed by atoms with Gasteiger partial charge in [-0.2, -0.15) is 0 Å². The molecule has 4 N–H and O–H groups in total. The third-order valence-electron chi connectivity index (χ3n) is 2.97. The molecule has 0 saturated heterocycles. The quantitative estimate of drug-likeness (QED) is 0.728. The largest absolute Gasteiger partial charge is 0.481 e. The van der Waals surface area contributed by atoms with Gasteiger partial charge in [0.1, 0.15) is 0 Å². The van der Waals surface area contributed by atoms with E-state index in [4.69, 9.17) is 10.2 Å². The number of amides is 1. The number of hydrogen-bond donors (Lipinski definition) is 3. The molecule has 1 aromatic carbocycles. The fourth-order valence-electron chi connectivity index (χ4n) is 1.76. The molecular weight excluding hydrogens is 352 g/mol. The van der Waals surface area contributed by atoms with Crippen molar-refractivity contribution in [1.29, 1.82) is 0 Å². The van der Waals surface area contributed by atoms with Gasteiger partial charge in [-0.25, -0.2) is 13.6 Å². The summed E-state index contributed by atoms with van der Waals surface area (Å²) in [6, 6.07) is 3.92. The Morgan fingerprint density at radius 1 is 1.35 bits per heavy atom. The van der Waals surface area contributed by atoms with E-state index in [1.54, 1.807) is 0 Å². The Hall–Kier alpha value is -1.45. The van der Waals surface area contributed by atoms with Gasteiger partial charge in [-0.15, -0.1) is 0 Å². The van der Waals surface area contributed by atoms with Crippen LogP contribution >= 0.6 is 15.9 Å². The molecule has 1 aromatic rings. The van der Waals surface area contributed by atoms with Gasteiger partial charge < -0.3 is 10.4 Å². The second-order valence-electron chi connectivity index (χ2n) is 4.46. The first-order valence-electron chi connectivity index (χ1n) is 5.56. The molecule has 0 radical (unpaired) electrons. The van der Waals surface area contributed by atoms with Gasteiger partial charge in [-0.1, -0.05) is 0 Å². The summed E-state index contributed by atoms with van der Waals surface area (Å²) in [6.07, 6.45) is 0.314. The second-order valence-corrected chi connectivity index (χ2v) is 6.88. The molecule has 0 aromatic heterocycles. The number of nitrogens with two attached hydrogens (primary N) is 1. The number of rotatable bonds is 4. The van der Waals surface area contributed by atoms with Crippen molar-refractivity contribution in [3.8, 4) is 0 Å². The maximum absolute atomic E-state index is 11.8. The number of carboxylic acid groups (broad SMARTS) is 1. The fraction of sp³-hybridized carbons (Fsp3) is 0.273. The van der Waals surface area contributed by atoms with Crippen molar-refractivity contribution >= 4 is 43.5 Å². The van der Waals surface area contributed by atoms with Gasteiger partial charge in [0.15, 0.2) is 0 Å². The normalized spacial score (nSPS) is 21.3. The maximum Gasteiger partial charge on any atom is 0.307 e. The van der Waals surface area contributed by atoms with Crippen LogP contribution in [0.5, 0.6) is 0 Å². The zero-order chi connectivity index (χ0) is 15.1. The number of primary sulfonamides is 1. The summed E-state index contributed by atoms with van der Waals surface area (Å²) in [5.74, 6) is -2.58. The van der Waals surface area contributed by atoms with Gasteiger partial charge in [-0.05, 0) is 40.5 Å². The Balaban J connectivity index is 2.12. The average Bonchev–Trinajstić information content (AvgIpc) is 3.10. The van der Waals surface area contributed by atoms with Gasteiger partial charge >= 0.3 is 5.97 Å². The Morgan fingerprint density at radius 2 is 2.00 bits per heavy atom. The van der Waals surface area contributed by atoms with Crippen LogP contribution in [0.4, 0.5) is 5.69 Å². The van der Waals surface area contributed by atoms with Gasteiger partial charge in [0, 0.05) is 4.47 Å². The van der Waals surface area contributed by atoms with Crippen LogP contribution in [0.25, 0.3) is 0 Å². The Bertz CT molecular complexity index is 688. The summed E-state index contributed by atoms with van der Waals surface area (Å²) in [5, 5.41) is 16.3. The number of halogens is 1. The van der Waals surface area contributed by atoms with Crippen molar-refractivity contribution in [2.75, 3.05) is 5.32 Å². The van der Waals surface area contributed by atoms with Crippen LogP contribution in [0.2, 0.25) is 0 Å². The summed E-state index contributed by atoms with van der Waals surface area (Å²) in [4.78, 5) is 22.4. The lowest BCUT2D eigenvalue weighted by Crippen LogP contribution is -2.17. The molecule has 1 fully saturated rings. The Labute approximate surface area is 123 Å². The third-order valence-corrected chi connectivity index (χ3v) is 4.54. The standard InChI is InChI=1S/C11H11BrN2O5S/c12-8-3-5(20(13,18)19)1-2-9(8)14-10(15)6-4-7(6)11(16)17/h1-3,6-7H,4H2,(H,14,15)(H,16,17)(H2,13,18,19)/t6-,7+/m1/s1. The van der Waals surface area contributed by atoms with E-state index >= 15 is 0 Å². The van der Waals surface area contributed by atoms with Crippen molar-refractivity contribution in [3.63, 3.8) is 0 Å². The molecule has 0 spiro atoms. The predicted octanol–water partition coefficient (Wildman–Crippen LogP) is 0.756. The zero-order valence-corrected chi connectivity index (χ0v) is 12.4. The van der Waals surface area contributed by atoms with E-state index in [9.17, 15) is 18.0 Å². The summed E-state index contributed by atoms with van der Waals surface area (Å²) < 4.78 is 22.7. The van der Waals surface area contributed by atoms with Crippen LogP contribution in [0.15, 0.2) is 27.6 Å². The molecule has 0 unspecified atom stereocenters. The highest BCUT2D eigenvalue weighted by atomic mass is 79.9. The summed E-state index contributed by atoms with van der Waals surface area (Å²) in [5.41, 5.74) is 0.360. The average molecular weight is 363 g/mol. The molecule has 0 heterocycles. The molecule has 9 heteroatoms. The zero-order valence-electron chi connectivity index (χ0n) is 10.0.